The molecule has 0 bridgehead atoms. The normalized spacial score (nSPS) is 12.0. The molecule has 2 aromatic rings. The summed E-state index contributed by atoms with van der Waals surface area (Å²) in [7, 11) is -1.72. The van der Waals surface area contributed by atoms with Crippen LogP contribution in [0.2, 0.25) is 0 Å². The first-order chi connectivity index (χ1) is 9.36. The van der Waals surface area contributed by atoms with Crippen LogP contribution in [0.4, 0.5) is 0 Å². The first kappa shape index (κ1) is 15.1. The van der Waals surface area contributed by atoms with E-state index in [0.717, 1.165) is 10.9 Å². The quantitative estimate of drug-likeness (QED) is 0.802. The van der Waals surface area contributed by atoms with Crippen LogP contribution in [0, 0.1) is 13.8 Å². The van der Waals surface area contributed by atoms with E-state index in [1.165, 1.54) is 11.8 Å². The zero-order chi connectivity index (χ0) is 14.9. The van der Waals surface area contributed by atoms with Crippen molar-refractivity contribution in [1.29, 1.82) is 0 Å². The number of hydrogen-bond acceptors (Lipinski definition) is 5. The summed E-state index contributed by atoms with van der Waals surface area (Å²) >= 11 is 1.51. The van der Waals surface area contributed by atoms with E-state index in [0.29, 0.717) is 11.4 Å². The van der Waals surface area contributed by atoms with Gasteiger partial charge in [-0.3, -0.25) is 5.10 Å². The Morgan fingerprint density at radius 2 is 2.15 bits per heavy atom. The van der Waals surface area contributed by atoms with Crippen LogP contribution >= 0.6 is 11.8 Å². The van der Waals surface area contributed by atoms with Crippen LogP contribution in [0.15, 0.2) is 16.2 Å². The SMILES string of the molecule is CSc1ncc(CNS(=O)(=O)c2c(C)n[nH]c2C)n1C. The minimum Gasteiger partial charge on any atom is -0.325 e. The molecule has 2 N–H and O–H groups in total. The number of aromatic amines is 1. The number of hydrogen-bond donors (Lipinski definition) is 2. The first-order valence-electron chi connectivity index (χ1n) is 5.92. The largest absolute Gasteiger partial charge is 0.325 e. The highest BCUT2D eigenvalue weighted by molar-refractivity contribution is 7.98. The fourth-order valence-electron chi connectivity index (χ4n) is 1.96. The summed E-state index contributed by atoms with van der Waals surface area (Å²) in [6.07, 6.45) is 3.60. The van der Waals surface area contributed by atoms with Gasteiger partial charge in [0.25, 0.3) is 0 Å². The second-order valence-electron chi connectivity index (χ2n) is 4.38. The lowest BCUT2D eigenvalue weighted by Crippen LogP contribution is -2.25. The third kappa shape index (κ3) is 2.74. The highest BCUT2D eigenvalue weighted by atomic mass is 32.2. The fraction of sp³-hybridized carbons (Fsp3) is 0.455. The summed E-state index contributed by atoms with van der Waals surface area (Å²) in [5, 5.41) is 7.43. The molecule has 0 aromatic carbocycles. The Bertz CT molecular complexity index is 698. The summed E-state index contributed by atoms with van der Waals surface area (Å²) in [4.78, 5) is 4.42. The second-order valence-corrected chi connectivity index (χ2v) is 6.86. The molecule has 0 radical (unpaired) electrons. The maximum Gasteiger partial charge on any atom is 0.244 e. The maximum absolute atomic E-state index is 12.3. The summed E-state index contributed by atoms with van der Waals surface area (Å²) in [6, 6.07) is 0. The Hall–Kier alpha value is -1.32. The molecule has 110 valence electrons. The summed E-state index contributed by atoms with van der Waals surface area (Å²) in [5.74, 6) is 0. The lowest BCUT2D eigenvalue weighted by atomic mass is 10.4. The number of thioether (sulfide) groups is 1. The molecule has 9 heteroatoms. The highest BCUT2D eigenvalue weighted by Crippen LogP contribution is 2.18. The molecule has 0 amide bonds. The fourth-order valence-corrected chi connectivity index (χ4v) is 3.87. The van der Waals surface area contributed by atoms with Crippen molar-refractivity contribution in [2.45, 2.75) is 30.4 Å². The van der Waals surface area contributed by atoms with Gasteiger partial charge in [-0.15, -0.1) is 0 Å². The Labute approximate surface area is 122 Å². The van der Waals surface area contributed by atoms with Crippen LogP contribution < -0.4 is 4.72 Å². The molecule has 20 heavy (non-hydrogen) atoms. The zero-order valence-corrected chi connectivity index (χ0v) is 13.4. The molecule has 0 atom stereocenters. The number of rotatable bonds is 5. The molecule has 2 aromatic heterocycles. The molecule has 0 saturated carbocycles. The minimum absolute atomic E-state index is 0.191. The first-order valence-corrected chi connectivity index (χ1v) is 8.63. The summed E-state index contributed by atoms with van der Waals surface area (Å²) in [6.45, 7) is 3.54. The maximum atomic E-state index is 12.3. The van der Waals surface area contributed by atoms with E-state index in [-0.39, 0.29) is 11.4 Å². The van der Waals surface area contributed by atoms with E-state index in [2.05, 4.69) is 19.9 Å². The number of imidazole rings is 1. The number of nitrogens with one attached hydrogen (secondary N) is 2. The predicted octanol–water partition coefficient (Wildman–Crippen LogP) is 0.960. The van der Waals surface area contributed by atoms with Crippen LogP contribution in [0.1, 0.15) is 17.1 Å². The highest BCUT2D eigenvalue weighted by Gasteiger charge is 2.22. The van der Waals surface area contributed by atoms with Crippen LogP contribution in [-0.4, -0.2) is 34.4 Å². The van der Waals surface area contributed by atoms with Gasteiger partial charge in [0, 0.05) is 7.05 Å². The predicted molar refractivity (Wildman–Crippen MR) is 77.1 cm³/mol. The van der Waals surface area contributed by atoms with Crippen molar-refractivity contribution in [3.8, 4) is 0 Å². The van der Waals surface area contributed by atoms with Gasteiger partial charge < -0.3 is 4.57 Å². The van der Waals surface area contributed by atoms with E-state index in [9.17, 15) is 8.42 Å². The molecule has 0 aliphatic carbocycles. The van der Waals surface area contributed by atoms with E-state index in [4.69, 9.17) is 0 Å². The molecular weight excluding hydrogens is 298 g/mol. The van der Waals surface area contributed by atoms with E-state index >= 15 is 0 Å². The summed E-state index contributed by atoms with van der Waals surface area (Å²) < 4.78 is 29.0. The van der Waals surface area contributed by atoms with Crippen molar-refractivity contribution in [3.63, 3.8) is 0 Å². The Balaban J connectivity index is 2.20. The van der Waals surface area contributed by atoms with Crippen molar-refractivity contribution in [2.24, 2.45) is 7.05 Å². The van der Waals surface area contributed by atoms with Gasteiger partial charge in [0.1, 0.15) is 4.90 Å². The van der Waals surface area contributed by atoms with Crippen LogP contribution in [0.5, 0.6) is 0 Å². The Morgan fingerprint density at radius 1 is 1.45 bits per heavy atom. The van der Waals surface area contributed by atoms with Crippen LogP contribution in [0.3, 0.4) is 0 Å². The van der Waals surface area contributed by atoms with Gasteiger partial charge in [-0.25, -0.2) is 18.1 Å². The third-order valence-corrected chi connectivity index (χ3v) is 5.40. The van der Waals surface area contributed by atoms with Gasteiger partial charge in [0.15, 0.2) is 5.16 Å². The number of nitrogens with zero attached hydrogens (tertiary/aromatic N) is 3. The number of aromatic nitrogens is 4. The van der Waals surface area contributed by atoms with E-state index in [1.807, 2.05) is 17.9 Å². The monoisotopic (exact) mass is 315 g/mol. The number of H-pyrrole nitrogens is 1. The average molecular weight is 315 g/mol. The molecule has 2 rings (SSSR count). The Kier molecular flexibility index (Phi) is 4.21. The van der Waals surface area contributed by atoms with Gasteiger partial charge in [0.2, 0.25) is 10.0 Å². The minimum atomic E-state index is -3.58. The van der Waals surface area contributed by atoms with Crippen LogP contribution in [0.25, 0.3) is 0 Å². The molecule has 0 aliphatic rings. The second kappa shape index (κ2) is 5.58. The molecule has 0 fully saturated rings. The third-order valence-electron chi connectivity index (χ3n) is 3.00. The smallest absolute Gasteiger partial charge is 0.244 e. The van der Waals surface area contributed by atoms with Gasteiger partial charge >= 0.3 is 0 Å². The topological polar surface area (TPSA) is 92.7 Å². The standard InChI is InChI=1S/C11H17N5O2S2/c1-7-10(8(2)15-14-7)20(17,18)13-6-9-5-12-11(19-4)16(9)3/h5,13H,6H2,1-4H3,(H,14,15). The molecule has 0 spiro atoms. The molecule has 2 heterocycles. The molecule has 0 aliphatic heterocycles. The molecule has 0 unspecified atom stereocenters. The van der Waals surface area contributed by atoms with Gasteiger partial charge in [-0.2, -0.15) is 5.10 Å². The number of aryl methyl sites for hydroxylation is 2. The average Bonchev–Trinajstić information content (AvgIpc) is 2.90. The Morgan fingerprint density at radius 3 is 2.65 bits per heavy atom. The number of sulfonamides is 1. The molecule has 0 saturated heterocycles. The van der Waals surface area contributed by atoms with Crippen molar-refractivity contribution in [3.05, 3.63) is 23.3 Å². The lowest BCUT2D eigenvalue weighted by Gasteiger charge is -2.08. The van der Waals surface area contributed by atoms with E-state index in [1.54, 1.807) is 20.0 Å². The molecular formula is C11H17N5O2S2. The van der Waals surface area contributed by atoms with Crippen molar-refractivity contribution < 1.29 is 8.42 Å². The van der Waals surface area contributed by atoms with Crippen molar-refractivity contribution in [1.82, 2.24) is 24.5 Å². The zero-order valence-electron chi connectivity index (χ0n) is 11.8. The van der Waals surface area contributed by atoms with Crippen molar-refractivity contribution in [2.75, 3.05) is 6.26 Å². The lowest BCUT2D eigenvalue weighted by molar-refractivity contribution is 0.577. The van der Waals surface area contributed by atoms with Gasteiger partial charge in [-0.1, -0.05) is 11.8 Å². The van der Waals surface area contributed by atoms with Crippen molar-refractivity contribution >= 4 is 21.8 Å². The molecule has 7 nitrogen and oxygen atoms in total. The van der Waals surface area contributed by atoms with E-state index < -0.39 is 10.0 Å². The van der Waals surface area contributed by atoms with Gasteiger partial charge in [0.05, 0.1) is 29.8 Å². The van der Waals surface area contributed by atoms with Gasteiger partial charge in [-0.05, 0) is 20.1 Å². The van der Waals surface area contributed by atoms with Crippen LogP contribution in [-0.2, 0) is 23.6 Å². The summed E-state index contributed by atoms with van der Waals surface area (Å²) in [5.41, 5.74) is 1.80.